The smallest absolute Gasteiger partial charge is 0.408 e. The van der Waals surface area contributed by atoms with E-state index in [1.807, 2.05) is 0 Å². The summed E-state index contributed by atoms with van der Waals surface area (Å²) in [6, 6.07) is -0.931. The van der Waals surface area contributed by atoms with Gasteiger partial charge in [-0.2, -0.15) is 8.42 Å². The Bertz CT molecular complexity index is 1050. The predicted octanol–water partition coefficient (Wildman–Crippen LogP) is 0.0616. The second-order valence-electron chi connectivity index (χ2n) is 7.03. The van der Waals surface area contributed by atoms with E-state index in [4.69, 9.17) is 44.1 Å². The van der Waals surface area contributed by atoms with E-state index in [9.17, 15) is 27.9 Å². The van der Waals surface area contributed by atoms with E-state index >= 15 is 0 Å². The van der Waals surface area contributed by atoms with Gasteiger partial charge in [0.15, 0.2) is 5.88 Å². The molecule has 2 fully saturated rings. The highest BCUT2D eigenvalue weighted by Gasteiger charge is 2.57. The van der Waals surface area contributed by atoms with Gasteiger partial charge in [-0.1, -0.05) is 46.6 Å². The minimum absolute atomic E-state index is 0.0217. The lowest BCUT2D eigenvalue weighted by Gasteiger charge is -2.53. The van der Waals surface area contributed by atoms with E-state index in [-0.39, 0.29) is 23.2 Å². The molecule has 184 valence electrons. The van der Waals surface area contributed by atoms with Crippen LogP contribution in [-0.4, -0.2) is 101 Å². The third-order valence-electron chi connectivity index (χ3n) is 4.50. The zero-order chi connectivity index (χ0) is 24.6. The maximum absolute atomic E-state index is 12.5. The minimum Gasteiger partial charge on any atom is -0.481 e. The number of aromatic nitrogens is 4. The van der Waals surface area contributed by atoms with Gasteiger partial charge in [0.2, 0.25) is 14.9 Å². The van der Waals surface area contributed by atoms with Crippen LogP contribution in [0.1, 0.15) is 0 Å². The number of rotatable bonds is 8. The van der Waals surface area contributed by atoms with Gasteiger partial charge in [-0.05, 0) is 10.4 Å². The lowest BCUT2D eigenvalue weighted by atomic mass is 9.89. The number of halogens is 3. The molecule has 0 spiro atoms. The van der Waals surface area contributed by atoms with Crippen molar-refractivity contribution < 1.29 is 37.2 Å². The molecule has 2 saturated heterocycles. The maximum Gasteiger partial charge on any atom is 0.408 e. The van der Waals surface area contributed by atoms with Crippen molar-refractivity contribution in [2.45, 2.75) is 26.2 Å². The molecule has 14 nitrogen and oxygen atoms in total. The van der Waals surface area contributed by atoms with Gasteiger partial charge in [-0.25, -0.2) is 9.48 Å². The first kappa shape index (κ1) is 26.4. The summed E-state index contributed by atoms with van der Waals surface area (Å²) < 4.78 is 34.9. The maximum atomic E-state index is 12.5. The highest BCUT2D eigenvalue weighted by molar-refractivity contribution is 8.00. The molecule has 1 aromatic heterocycles. The lowest BCUT2D eigenvalue weighted by molar-refractivity contribution is -0.156. The Balaban J connectivity index is 1.62. The summed E-state index contributed by atoms with van der Waals surface area (Å²) in [7, 11) is -4.42. The Hall–Kier alpha value is -1.24. The van der Waals surface area contributed by atoms with Crippen molar-refractivity contribution in [2.75, 3.05) is 24.7 Å². The molecule has 0 radical (unpaired) electrons. The molecule has 2 unspecified atom stereocenters. The van der Waals surface area contributed by atoms with Crippen molar-refractivity contribution >= 4 is 86.4 Å². The first-order chi connectivity index (χ1) is 15.2. The van der Waals surface area contributed by atoms with Crippen LogP contribution in [-0.2, 0) is 30.3 Å². The van der Waals surface area contributed by atoms with Crippen LogP contribution in [0, 0.1) is 5.41 Å². The second kappa shape index (κ2) is 9.79. The van der Waals surface area contributed by atoms with E-state index in [0.717, 1.165) is 28.2 Å². The van der Waals surface area contributed by atoms with E-state index in [2.05, 4.69) is 20.8 Å². The first-order valence-electron chi connectivity index (χ1n) is 8.70. The number of carboxylic acid groups (broad SMARTS) is 1. The molecule has 2 aliphatic heterocycles. The van der Waals surface area contributed by atoms with Crippen molar-refractivity contribution in [3.8, 4) is 0 Å². The number of amides is 2. The fraction of sp³-hybridized carbons (Fsp3) is 0.692. The van der Waals surface area contributed by atoms with E-state index in [0.29, 0.717) is 0 Å². The van der Waals surface area contributed by atoms with Crippen LogP contribution in [0.5, 0.6) is 0 Å². The van der Waals surface area contributed by atoms with E-state index in [1.165, 1.54) is 4.90 Å². The molecule has 3 rings (SSSR count). The number of thioether (sulfide) groups is 2. The van der Waals surface area contributed by atoms with Crippen molar-refractivity contribution in [1.29, 1.82) is 0 Å². The molecule has 33 heavy (non-hydrogen) atoms. The summed E-state index contributed by atoms with van der Waals surface area (Å²) in [6.45, 7) is -0.685. The number of fused-ring (bicyclic) bond motifs is 1. The fourth-order valence-electron chi connectivity index (χ4n) is 2.96. The Morgan fingerprint density at radius 2 is 2.09 bits per heavy atom. The largest absolute Gasteiger partial charge is 0.481 e. The van der Waals surface area contributed by atoms with E-state index in [1.54, 1.807) is 0 Å². The quantitative estimate of drug-likeness (QED) is 0.161. The number of β-lactam (4-membered cyclic amide) rings is 1. The van der Waals surface area contributed by atoms with Gasteiger partial charge in [0.25, 0.3) is 10.1 Å². The number of carboxylic acids is 1. The second-order valence-corrected chi connectivity index (χ2v) is 13.0. The molecule has 3 heterocycles. The van der Waals surface area contributed by atoms with Gasteiger partial charge in [-0.15, -0.1) is 16.9 Å². The van der Waals surface area contributed by atoms with Crippen LogP contribution in [0.2, 0.25) is 0 Å². The number of carbonyl (C=O) groups is 3. The van der Waals surface area contributed by atoms with E-state index < -0.39 is 61.2 Å². The predicted molar refractivity (Wildman–Crippen MR) is 117 cm³/mol. The normalized spacial score (nSPS) is 25.2. The molecule has 3 atom stereocenters. The van der Waals surface area contributed by atoms with Crippen LogP contribution < -0.4 is 5.32 Å². The molecule has 2 aliphatic rings. The van der Waals surface area contributed by atoms with Crippen LogP contribution in [0.15, 0.2) is 5.16 Å². The highest BCUT2D eigenvalue weighted by atomic mass is 35.6. The molecule has 0 saturated carbocycles. The zero-order valence-corrected chi connectivity index (χ0v) is 20.8. The molecule has 2 amide bonds. The summed E-state index contributed by atoms with van der Waals surface area (Å²) in [6.07, 6.45) is -0.962. The van der Waals surface area contributed by atoms with Gasteiger partial charge in [0.05, 0.1) is 0 Å². The summed E-state index contributed by atoms with van der Waals surface area (Å²) in [5, 5.41) is 22.1. The molecule has 1 aromatic rings. The molecule has 0 aliphatic carbocycles. The number of nitrogens with zero attached hydrogens (tertiary/aromatic N) is 5. The summed E-state index contributed by atoms with van der Waals surface area (Å²) in [4.78, 5) is 37.8. The van der Waals surface area contributed by atoms with Crippen LogP contribution in [0.4, 0.5) is 4.79 Å². The molecular weight excluding hydrogens is 571 g/mol. The number of aliphatic carboxylic acids is 1. The average Bonchev–Trinajstić information content (AvgIpc) is 3.13. The Labute approximate surface area is 209 Å². The van der Waals surface area contributed by atoms with Crippen LogP contribution in [0.25, 0.3) is 0 Å². The Morgan fingerprint density at radius 3 is 2.70 bits per heavy atom. The number of carbonyl (C=O) groups excluding carboxylic acids is 2. The monoisotopic (exact) mass is 584 g/mol. The van der Waals surface area contributed by atoms with Crippen molar-refractivity contribution in [3.63, 3.8) is 0 Å². The number of hydrogen-bond donors (Lipinski definition) is 3. The number of nitrogens with one attached hydrogen (secondary N) is 1. The zero-order valence-electron chi connectivity index (χ0n) is 16.1. The number of alkyl halides is 3. The topological polar surface area (TPSA) is 194 Å². The summed E-state index contributed by atoms with van der Waals surface area (Å²) in [5.74, 6) is -2.61. The summed E-state index contributed by atoms with van der Waals surface area (Å²) >= 11 is 18.5. The van der Waals surface area contributed by atoms with Crippen molar-refractivity contribution in [2.24, 2.45) is 5.41 Å². The van der Waals surface area contributed by atoms with Gasteiger partial charge in [0.1, 0.15) is 23.4 Å². The minimum atomic E-state index is -4.42. The van der Waals surface area contributed by atoms with Gasteiger partial charge in [0, 0.05) is 18.1 Å². The van der Waals surface area contributed by atoms with Gasteiger partial charge >= 0.3 is 12.1 Å². The third-order valence-corrected chi connectivity index (χ3v) is 8.23. The SMILES string of the molecule is O=C(NC1C(=O)N2CC(CSc3nnnn3CS(=O)(=O)O)(C(=O)O)CS[C@H]12)OCC(Cl)(Cl)Cl. The third kappa shape index (κ3) is 6.46. The number of hydrogen-bond acceptors (Lipinski definition) is 11. The standard InChI is InChI=1S/C13H15Cl3N6O8S3/c14-13(15,16)2-30-11(26)17-6-7(23)21-1-12(9(24)25,3-31-8(6)21)4-32-10-18-19-20-22(10)5-33(27,28)29/h6,8H,1-5H2,(H,17,26)(H,24,25)(H,27,28,29)/t6?,8-,12?/m1/s1. The number of alkyl carbamates (subject to hydrolysis) is 1. The average molecular weight is 586 g/mol. The number of tetrazole rings is 1. The first-order valence-corrected chi connectivity index (χ1v) is 13.5. The fourth-order valence-corrected chi connectivity index (χ4v) is 6.43. The van der Waals surface area contributed by atoms with Crippen LogP contribution >= 0.6 is 58.3 Å². The molecular formula is C13H15Cl3N6O8S3. The van der Waals surface area contributed by atoms with Crippen LogP contribution in [0.3, 0.4) is 0 Å². The van der Waals surface area contributed by atoms with Gasteiger partial charge < -0.3 is 20.1 Å². The molecule has 3 N–H and O–H groups in total. The number of ether oxygens (including phenoxy) is 1. The lowest BCUT2D eigenvalue weighted by Crippen LogP contribution is -2.74. The van der Waals surface area contributed by atoms with Crippen molar-refractivity contribution in [1.82, 2.24) is 30.4 Å². The molecule has 20 heteroatoms. The van der Waals surface area contributed by atoms with Crippen molar-refractivity contribution in [3.05, 3.63) is 0 Å². The molecule has 0 bridgehead atoms. The Morgan fingerprint density at radius 1 is 1.39 bits per heavy atom. The Kier molecular flexibility index (Phi) is 7.82. The molecule has 0 aromatic carbocycles. The van der Waals surface area contributed by atoms with Gasteiger partial charge in [-0.3, -0.25) is 14.1 Å². The highest BCUT2D eigenvalue weighted by Crippen LogP contribution is 2.44. The summed E-state index contributed by atoms with van der Waals surface area (Å²) in [5.41, 5.74) is -1.41.